The van der Waals surface area contributed by atoms with E-state index < -0.39 is 0 Å². The molecular weight excluding hydrogens is 1610 g/mol. The lowest BCUT2D eigenvalue weighted by Crippen LogP contribution is -1.78. The molecule has 6 nitrogen and oxygen atoms in total. The molecule has 0 radical (unpaired) electrons. The van der Waals surface area contributed by atoms with Gasteiger partial charge in [-0.25, -0.2) is 0 Å². The van der Waals surface area contributed by atoms with Gasteiger partial charge in [-0.15, -0.1) is 0 Å². The molecule has 0 saturated heterocycles. The van der Waals surface area contributed by atoms with Gasteiger partial charge in [0.25, 0.3) is 0 Å². The minimum absolute atomic E-state index is 0.968. The zero-order valence-electron chi connectivity index (χ0n) is 73.6. The first-order valence-electron chi connectivity index (χ1n) is 45.3. The molecule has 30 rings (SSSR count). The van der Waals surface area contributed by atoms with Gasteiger partial charge in [-0.1, -0.05) is 291 Å². The predicted molar refractivity (Wildman–Crippen MR) is 561 cm³/mol. The van der Waals surface area contributed by atoms with Gasteiger partial charge < -0.3 is 26.5 Å². The van der Waals surface area contributed by atoms with E-state index in [9.17, 15) is 0 Å². The number of hydrogen-bond donors (Lipinski definition) is 0. The average Bonchev–Trinajstić information content (AvgIpc) is 1.56. The van der Waals surface area contributed by atoms with Gasteiger partial charge in [-0.05, 0) is 281 Å². The number of aryl methyl sites for hydroxylation is 6. The maximum absolute atomic E-state index is 6.20. The summed E-state index contributed by atoms with van der Waals surface area (Å²) in [4.78, 5) is 0. The highest BCUT2D eigenvalue weighted by molar-refractivity contribution is 6.27. The van der Waals surface area contributed by atoms with Gasteiger partial charge in [0.15, 0.2) is 0 Å². The molecule has 0 N–H and O–H groups in total. The third-order valence-corrected chi connectivity index (χ3v) is 27.1. The van der Waals surface area contributed by atoms with E-state index in [4.69, 9.17) is 26.5 Å². The van der Waals surface area contributed by atoms with Crippen LogP contribution in [0.15, 0.2) is 427 Å². The molecule has 0 atom stereocenters. The second-order valence-corrected chi connectivity index (χ2v) is 35.6. The van der Waals surface area contributed by atoms with Crippen LogP contribution in [0.25, 0.3) is 261 Å². The standard InChI is InChI=1S/6C21H14O/c6*1-13-6-8-17-19-11-10-16-15-5-3-2-4-14(15)7-9-18(16)21(19)22-20(17)12-13/h6*2-12H,1H3. The van der Waals surface area contributed by atoms with Crippen molar-refractivity contribution in [3.8, 4) is 0 Å². The Morgan fingerprint density at radius 2 is 0.227 bits per heavy atom. The maximum atomic E-state index is 6.20. The van der Waals surface area contributed by atoms with Crippen molar-refractivity contribution in [2.24, 2.45) is 0 Å². The van der Waals surface area contributed by atoms with E-state index in [1.165, 1.54) is 227 Å². The normalized spacial score (nSPS) is 11.9. The molecule has 624 valence electrons. The summed E-state index contributed by atoms with van der Waals surface area (Å²) >= 11 is 0. The molecule has 24 aromatic carbocycles. The molecular formula is C126H84O6. The molecule has 6 heterocycles. The van der Waals surface area contributed by atoms with Gasteiger partial charge in [0.05, 0.1) is 0 Å². The van der Waals surface area contributed by atoms with Crippen LogP contribution in [-0.2, 0) is 0 Å². The molecule has 0 saturated carbocycles. The van der Waals surface area contributed by atoms with Crippen LogP contribution < -0.4 is 0 Å². The zero-order valence-corrected chi connectivity index (χ0v) is 73.6. The summed E-state index contributed by atoms with van der Waals surface area (Å²) in [6.07, 6.45) is 0. The highest BCUT2D eigenvalue weighted by Crippen LogP contribution is 2.45. The Bertz CT molecular complexity index is 8550. The summed E-state index contributed by atoms with van der Waals surface area (Å²) in [6.45, 7) is 12.6. The largest absolute Gasteiger partial charge is 0.455 e. The van der Waals surface area contributed by atoms with E-state index >= 15 is 0 Å². The maximum Gasteiger partial charge on any atom is 0.143 e. The lowest BCUT2D eigenvalue weighted by atomic mass is 10.00. The van der Waals surface area contributed by atoms with Crippen LogP contribution in [0.3, 0.4) is 0 Å². The molecule has 0 amide bonds. The predicted octanol–water partition coefficient (Wildman–Crippen LogP) is 37.2. The monoisotopic (exact) mass is 1690 g/mol. The van der Waals surface area contributed by atoms with Gasteiger partial charge in [0.1, 0.15) is 67.0 Å². The Labute approximate surface area is 757 Å². The third-order valence-electron chi connectivity index (χ3n) is 27.1. The van der Waals surface area contributed by atoms with Gasteiger partial charge in [0.2, 0.25) is 0 Å². The fourth-order valence-corrected chi connectivity index (χ4v) is 20.6. The zero-order chi connectivity index (χ0) is 88.1. The Balaban J connectivity index is 0.0000000851. The average molecular weight is 1690 g/mol. The molecule has 0 aliphatic carbocycles. The van der Waals surface area contributed by atoms with Gasteiger partial charge >= 0.3 is 0 Å². The molecule has 0 spiro atoms. The Hall–Kier alpha value is -16.8. The van der Waals surface area contributed by atoms with Crippen molar-refractivity contribution in [2.45, 2.75) is 41.5 Å². The van der Waals surface area contributed by atoms with Crippen LogP contribution in [0.1, 0.15) is 33.4 Å². The summed E-state index contributed by atoms with van der Waals surface area (Å²) in [5, 5.41) is 44.2. The molecule has 0 bridgehead atoms. The smallest absolute Gasteiger partial charge is 0.143 e. The summed E-state index contributed by atoms with van der Waals surface area (Å²) < 4.78 is 37.2. The van der Waals surface area contributed by atoms with Gasteiger partial charge in [-0.2, -0.15) is 0 Å². The summed E-state index contributed by atoms with van der Waals surface area (Å²) in [5.41, 5.74) is 19.1. The topological polar surface area (TPSA) is 78.8 Å². The first-order chi connectivity index (χ1) is 64.9. The second kappa shape index (κ2) is 31.0. The van der Waals surface area contributed by atoms with E-state index in [-0.39, 0.29) is 0 Å². The van der Waals surface area contributed by atoms with E-state index in [0.29, 0.717) is 0 Å². The summed E-state index contributed by atoms with van der Waals surface area (Å²) in [7, 11) is 0. The van der Waals surface area contributed by atoms with Crippen molar-refractivity contribution in [1.29, 1.82) is 0 Å². The van der Waals surface area contributed by atoms with Crippen LogP contribution in [0.5, 0.6) is 0 Å². The molecule has 30 aromatic rings. The van der Waals surface area contributed by atoms with Gasteiger partial charge in [-0.3, -0.25) is 0 Å². The minimum atomic E-state index is 0.968. The molecule has 0 aliphatic rings. The molecule has 6 heteroatoms. The number of furan rings is 6. The number of fused-ring (bicyclic) bond motifs is 42. The molecule has 0 unspecified atom stereocenters. The van der Waals surface area contributed by atoms with Crippen LogP contribution in [0.2, 0.25) is 0 Å². The number of benzene rings is 24. The lowest BCUT2D eigenvalue weighted by molar-refractivity contribution is 0.672. The fraction of sp³-hybridized carbons (Fsp3) is 0.0476. The Morgan fingerprint density at radius 3 is 0.386 bits per heavy atom. The second-order valence-electron chi connectivity index (χ2n) is 35.6. The molecule has 6 aromatic heterocycles. The van der Waals surface area contributed by atoms with E-state index in [2.05, 4.69) is 442 Å². The van der Waals surface area contributed by atoms with E-state index in [0.717, 1.165) is 67.0 Å². The van der Waals surface area contributed by atoms with Crippen LogP contribution in [0, 0.1) is 41.5 Å². The van der Waals surface area contributed by atoms with Gasteiger partial charge in [0, 0.05) is 97.0 Å². The summed E-state index contributed by atoms with van der Waals surface area (Å²) in [6, 6.07) is 142. The molecule has 0 aliphatic heterocycles. The minimum Gasteiger partial charge on any atom is -0.455 e. The molecule has 132 heavy (non-hydrogen) atoms. The first-order valence-corrected chi connectivity index (χ1v) is 45.3. The quantitative estimate of drug-likeness (QED) is 0.141. The van der Waals surface area contributed by atoms with Crippen molar-refractivity contribution in [2.75, 3.05) is 0 Å². The Kier molecular flexibility index (Phi) is 18.2. The SMILES string of the molecule is Cc1ccc2c(c1)oc1c2ccc2c3ccccc3ccc21.Cc1ccc2c(c1)oc1c2ccc2c3ccccc3ccc21.Cc1ccc2c(c1)oc1c2ccc2c3ccccc3ccc21.Cc1ccc2c(c1)oc1c2ccc2c3ccccc3ccc21.Cc1ccc2c(c1)oc1c2ccc2c3ccccc3ccc21.Cc1ccc2c(c1)oc1c2ccc2c3ccccc3ccc21. The number of hydrogen-bond acceptors (Lipinski definition) is 6. The van der Waals surface area contributed by atoms with Crippen molar-refractivity contribution in [3.63, 3.8) is 0 Å². The lowest BCUT2D eigenvalue weighted by Gasteiger charge is -2.04. The highest BCUT2D eigenvalue weighted by atomic mass is 16.3. The van der Waals surface area contributed by atoms with E-state index in [1.807, 2.05) is 0 Å². The van der Waals surface area contributed by atoms with Crippen molar-refractivity contribution in [1.82, 2.24) is 0 Å². The van der Waals surface area contributed by atoms with Crippen molar-refractivity contribution < 1.29 is 26.5 Å². The molecule has 0 fully saturated rings. The third kappa shape index (κ3) is 13.0. The van der Waals surface area contributed by atoms with Crippen LogP contribution >= 0.6 is 0 Å². The summed E-state index contributed by atoms with van der Waals surface area (Å²) in [5.74, 6) is 0. The van der Waals surface area contributed by atoms with Crippen molar-refractivity contribution >= 4 is 261 Å². The van der Waals surface area contributed by atoms with E-state index in [1.54, 1.807) is 0 Å². The van der Waals surface area contributed by atoms with Crippen LogP contribution in [-0.4, -0.2) is 0 Å². The van der Waals surface area contributed by atoms with Crippen molar-refractivity contribution in [3.05, 3.63) is 434 Å². The first kappa shape index (κ1) is 77.5. The highest BCUT2D eigenvalue weighted by Gasteiger charge is 2.20. The van der Waals surface area contributed by atoms with Crippen LogP contribution in [0.4, 0.5) is 0 Å². The number of rotatable bonds is 0. The Morgan fingerprint density at radius 1 is 0.106 bits per heavy atom. The fourth-order valence-electron chi connectivity index (χ4n) is 20.6.